The Morgan fingerprint density at radius 1 is 0.971 bits per heavy atom. The molecule has 2 aromatic carbocycles. The molecular weight excluding hydrogens is 416 g/mol. The van der Waals surface area contributed by atoms with E-state index in [0.29, 0.717) is 18.4 Å². The van der Waals surface area contributed by atoms with Crippen molar-refractivity contribution in [1.29, 1.82) is 0 Å². The van der Waals surface area contributed by atoms with Gasteiger partial charge in [-0.25, -0.2) is 0 Å². The number of aromatic nitrogens is 1. The fourth-order valence-electron chi connectivity index (χ4n) is 5.75. The molecule has 0 bridgehead atoms. The van der Waals surface area contributed by atoms with Gasteiger partial charge in [0.15, 0.2) is 5.78 Å². The molecule has 0 spiro atoms. The Kier molecular flexibility index (Phi) is 6.22. The van der Waals surface area contributed by atoms with Crippen LogP contribution in [0.2, 0.25) is 0 Å². The maximum absolute atomic E-state index is 13.9. The third-order valence-corrected chi connectivity index (χ3v) is 8.22. The molecule has 2 saturated carbocycles. The lowest BCUT2D eigenvalue weighted by Crippen LogP contribution is -2.39. The monoisotopic (exact) mass is 452 g/mol. The Bertz CT molecular complexity index is 1150. The number of pyridine rings is 1. The van der Waals surface area contributed by atoms with E-state index in [1.54, 1.807) is 0 Å². The van der Waals surface area contributed by atoms with Gasteiger partial charge in [-0.1, -0.05) is 61.7 Å². The first-order valence-electron chi connectivity index (χ1n) is 13.5. The lowest BCUT2D eigenvalue weighted by Gasteiger charge is -2.32. The predicted molar refractivity (Wildman–Crippen MR) is 139 cm³/mol. The highest BCUT2D eigenvalue weighted by atomic mass is 16.1. The molecule has 3 aromatic rings. The third kappa shape index (κ3) is 4.95. The molecule has 1 aromatic heterocycles. The van der Waals surface area contributed by atoms with Crippen molar-refractivity contribution in [3.63, 3.8) is 0 Å². The maximum Gasteiger partial charge on any atom is 0.164 e. The van der Waals surface area contributed by atoms with Gasteiger partial charge in [0.1, 0.15) is 0 Å². The van der Waals surface area contributed by atoms with Crippen molar-refractivity contribution in [1.82, 2.24) is 10.3 Å². The van der Waals surface area contributed by atoms with Crippen LogP contribution in [0.3, 0.4) is 0 Å². The molecule has 3 heteroatoms. The van der Waals surface area contributed by atoms with Crippen molar-refractivity contribution < 1.29 is 4.79 Å². The normalized spacial score (nSPS) is 21.5. The summed E-state index contributed by atoms with van der Waals surface area (Å²) in [5.74, 6) is 1.97. The number of Topliss-reactive ketones (excluding diaryl/α,β-unsaturated/α-hetero) is 1. The first-order chi connectivity index (χ1) is 16.7. The number of carbonyl (C=O) groups is 1. The van der Waals surface area contributed by atoms with Crippen LogP contribution in [0.4, 0.5) is 0 Å². The molecule has 1 aliphatic heterocycles. The first-order valence-corrected chi connectivity index (χ1v) is 13.5. The number of hydrogen-bond acceptors (Lipinski definition) is 3. The number of hydrogen-bond donors (Lipinski definition) is 1. The largest absolute Gasteiger partial charge is 0.313 e. The van der Waals surface area contributed by atoms with Crippen molar-refractivity contribution in [2.45, 2.75) is 82.1 Å². The van der Waals surface area contributed by atoms with Crippen LogP contribution in [-0.2, 0) is 6.42 Å². The number of rotatable bonds is 9. The van der Waals surface area contributed by atoms with E-state index >= 15 is 0 Å². The van der Waals surface area contributed by atoms with Crippen LogP contribution in [0, 0.1) is 5.92 Å². The van der Waals surface area contributed by atoms with E-state index in [9.17, 15) is 4.79 Å². The zero-order valence-corrected chi connectivity index (χ0v) is 20.1. The molecule has 2 heterocycles. The van der Waals surface area contributed by atoms with Gasteiger partial charge in [-0.2, -0.15) is 0 Å². The van der Waals surface area contributed by atoms with E-state index < -0.39 is 0 Å². The lowest BCUT2D eigenvalue weighted by molar-refractivity contribution is 0.0966. The Morgan fingerprint density at radius 3 is 2.53 bits per heavy atom. The highest BCUT2D eigenvalue weighted by Gasteiger charge is 2.30. The zero-order chi connectivity index (χ0) is 22.9. The van der Waals surface area contributed by atoms with Crippen LogP contribution in [0.15, 0.2) is 54.6 Å². The second-order valence-electron chi connectivity index (χ2n) is 10.9. The number of para-hydroxylation sites is 1. The van der Waals surface area contributed by atoms with Crippen LogP contribution in [-0.4, -0.2) is 23.4 Å². The molecule has 2 aliphatic carbocycles. The van der Waals surface area contributed by atoms with Gasteiger partial charge in [-0.3, -0.25) is 9.78 Å². The van der Waals surface area contributed by atoms with Gasteiger partial charge in [0.25, 0.3) is 0 Å². The molecule has 1 saturated heterocycles. The van der Waals surface area contributed by atoms with Gasteiger partial charge < -0.3 is 5.32 Å². The predicted octanol–water partition coefficient (Wildman–Crippen LogP) is 6.95. The molecule has 0 radical (unpaired) electrons. The molecule has 176 valence electrons. The van der Waals surface area contributed by atoms with Crippen molar-refractivity contribution in [3.05, 3.63) is 77.0 Å². The van der Waals surface area contributed by atoms with E-state index in [4.69, 9.17) is 4.98 Å². The van der Waals surface area contributed by atoms with Gasteiger partial charge in [0, 0.05) is 40.9 Å². The quantitative estimate of drug-likeness (QED) is 0.357. The zero-order valence-electron chi connectivity index (χ0n) is 20.1. The van der Waals surface area contributed by atoms with Crippen molar-refractivity contribution in [3.8, 4) is 0 Å². The number of carbonyl (C=O) groups excluding carboxylic acids is 1. The summed E-state index contributed by atoms with van der Waals surface area (Å²) in [6.45, 7) is 1.05. The minimum atomic E-state index is 0.210. The number of aryl methyl sites for hydroxylation is 1. The average Bonchev–Trinajstić information content (AvgIpc) is 3.80. The van der Waals surface area contributed by atoms with Crippen molar-refractivity contribution in [2.75, 3.05) is 6.54 Å². The van der Waals surface area contributed by atoms with E-state index in [1.165, 1.54) is 62.5 Å². The van der Waals surface area contributed by atoms with Crippen molar-refractivity contribution in [2.24, 2.45) is 5.92 Å². The van der Waals surface area contributed by atoms with E-state index in [-0.39, 0.29) is 11.7 Å². The molecule has 1 unspecified atom stereocenters. The standard InChI is InChI=1S/C31H36N2O/c34-31(27-19-30(24-16-17-24)33-29-7-2-1-5-25(27)29)20-26(28-6-3-4-18-32-28)23-14-12-22(13-15-23)11-10-21-8-9-21/h1-2,5,7,12-15,19,21,24,26,28,32H,3-4,6,8-11,16-18,20H2/t26-,28?/m1/s1. The Morgan fingerprint density at radius 2 is 1.79 bits per heavy atom. The number of nitrogens with one attached hydrogen (secondary N) is 1. The highest BCUT2D eigenvalue weighted by molar-refractivity contribution is 6.07. The van der Waals surface area contributed by atoms with Gasteiger partial charge >= 0.3 is 0 Å². The summed E-state index contributed by atoms with van der Waals surface area (Å²) in [6, 6.07) is 19.9. The molecule has 1 N–H and O–H groups in total. The fourth-order valence-corrected chi connectivity index (χ4v) is 5.75. The summed E-state index contributed by atoms with van der Waals surface area (Å²) >= 11 is 0. The molecule has 0 amide bonds. The molecule has 3 aliphatic rings. The van der Waals surface area contributed by atoms with Crippen molar-refractivity contribution >= 4 is 16.7 Å². The van der Waals surface area contributed by atoms with E-state index in [2.05, 4.69) is 47.8 Å². The van der Waals surface area contributed by atoms with Gasteiger partial charge in [0.05, 0.1) is 5.52 Å². The smallest absolute Gasteiger partial charge is 0.164 e. The van der Waals surface area contributed by atoms with Crippen LogP contribution < -0.4 is 5.32 Å². The Hall–Kier alpha value is -2.52. The number of benzene rings is 2. The maximum atomic E-state index is 13.9. The second-order valence-corrected chi connectivity index (χ2v) is 10.9. The number of nitrogens with zero attached hydrogens (tertiary/aromatic N) is 1. The average molecular weight is 453 g/mol. The van der Waals surface area contributed by atoms with Gasteiger partial charge in [-0.05, 0) is 74.2 Å². The Labute approximate surface area is 203 Å². The van der Waals surface area contributed by atoms with Gasteiger partial charge in [0.2, 0.25) is 0 Å². The molecule has 3 nitrogen and oxygen atoms in total. The summed E-state index contributed by atoms with van der Waals surface area (Å²) in [7, 11) is 0. The topological polar surface area (TPSA) is 42.0 Å². The lowest BCUT2D eigenvalue weighted by atomic mass is 9.81. The summed E-state index contributed by atoms with van der Waals surface area (Å²) < 4.78 is 0. The number of ketones is 1. The summed E-state index contributed by atoms with van der Waals surface area (Å²) in [4.78, 5) is 18.8. The van der Waals surface area contributed by atoms with E-state index in [0.717, 1.165) is 41.0 Å². The van der Waals surface area contributed by atoms with Crippen LogP contribution in [0.25, 0.3) is 10.9 Å². The minimum absolute atomic E-state index is 0.210. The molecule has 6 rings (SSSR count). The van der Waals surface area contributed by atoms with Crippen LogP contribution in [0.5, 0.6) is 0 Å². The molecule has 2 atom stereocenters. The fraction of sp³-hybridized carbons (Fsp3) is 0.484. The Balaban J connectivity index is 1.28. The van der Waals surface area contributed by atoms with Crippen LogP contribution in [0.1, 0.15) is 96.8 Å². The SMILES string of the molecule is O=C(C[C@H](c1ccc(CCC2CC2)cc1)C1CCCCN1)c1cc(C2CC2)nc2ccccc12. The summed E-state index contributed by atoms with van der Waals surface area (Å²) in [6.07, 6.45) is 11.9. The number of piperidine rings is 1. The minimum Gasteiger partial charge on any atom is -0.313 e. The van der Waals surface area contributed by atoms with E-state index in [1.807, 2.05) is 12.1 Å². The first kappa shape index (κ1) is 22.0. The third-order valence-electron chi connectivity index (χ3n) is 8.22. The summed E-state index contributed by atoms with van der Waals surface area (Å²) in [5, 5.41) is 4.75. The van der Waals surface area contributed by atoms with Crippen LogP contribution >= 0.6 is 0 Å². The molecule has 34 heavy (non-hydrogen) atoms. The highest BCUT2D eigenvalue weighted by Crippen LogP contribution is 2.41. The number of fused-ring (bicyclic) bond motifs is 1. The summed E-state index contributed by atoms with van der Waals surface area (Å²) in [5.41, 5.74) is 5.68. The molecule has 3 fully saturated rings. The molecular formula is C31H36N2O. The second kappa shape index (κ2) is 9.62. The van der Waals surface area contributed by atoms with Gasteiger partial charge in [-0.15, -0.1) is 0 Å².